The summed E-state index contributed by atoms with van der Waals surface area (Å²) in [6.45, 7) is 13.3. The lowest BCUT2D eigenvalue weighted by atomic mass is 9.76. The largest absolute Gasteiger partial charge is 0.382 e. The molecule has 0 saturated carbocycles. The van der Waals surface area contributed by atoms with Crippen molar-refractivity contribution in [3.63, 3.8) is 0 Å². The SMILES string of the molecule is COCCOCCOCCOCCN1C(=CC=CC=CC2=[N+](CCOCCOCCOCCC(=O)ON3C(=O)CCC3=O)c3ccc(S(=O)(=O)O)cc3C2(C)CCOCCOCCOCCOC)C(C)(CCOCCOCCOCCOC)c2cc(S(=O)(=O)O)ccc21. The monoisotopic (exact) mass is 1360 g/mol. The van der Waals surface area contributed by atoms with Crippen LogP contribution in [0.4, 0.5) is 11.4 Å². The summed E-state index contributed by atoms with van der Waals surface area (Å²) in [6.07, 6.45) is 10.1. The lowest BCUT2D eigenvalue weighted by Crippen LogP contribution is -2.33. The molecule has 0 aliphatic carbocycles. The van der Waals surface area contributed by atoms with E-state index in [1.54, 1.807) is 33.5 Å². The summed E-state index contributed by atoms with van der Waals surface area (Å²) in [7, 11) is -4.42. The Balaban J connectivity index is 1.37. The van der Waals surface area contributed by atoms with Crippen LogP contribution in [0.25, 0.3) is 0 Å². The molecule has 2 N–H and O–H groups in total. The van der Waals surface area contributed by atoms with E-state index in [-0.39, 0.29) is 102 Å². The molecule has 0 aromatic heterocycles. The number of carbonyl (C=O) groups is 3. The number of hydrogen-bond donors (Lipinski definition) is 2. The summed E-state index contributed by atoms with van der Waals surface area (Å²) in [5, 5.41) is 0.489. The number of ether oxygens (including phenoxy) is 15. The van der Waals surface area contributed by atoms with Crippen LogP contribution >= 0.6 is 0 Å². The van der Waals surface area contributed by atoms with Gasteiger partial charge in [-0.25, -0.2) is 4.79 Å². The van der Waals surface area contributed by atoms with Gasteiger partial charge >= 0.3 is 5.97 Å². The van der Waals surface area contributed by atoms with Crippen LogP contribution in [0.1, 0.15) is 57.1 Å². The van der Waals surface area contributed by atoms with Crippen molar-refractivity contribution >= 4 is 55.1 Å². The van der Waals surface area contributed by atoms with E-state index in [9.17, 15) is 40.3 Å². The Morgan fingerprint density at radius 1 is 0.505 bits per heavy atom. The maximum absolute atomic E-state index is 12.7. The van der Waals surface area contributed by atoms with Gasteiger partial charge < -0.3 is 80.8 Å². The molecule has 5 rings (SSSR count). The molecular weight excluding hydrogens is 1260 g/mol. The molecule has 3 heterocycles. The highest BCUT2D eigenvalue weighted by Crippen LogP contribution is 2.51. The van der Waals surface area contributed by atoms with Gasteiger partial charge in [0, 0.05) is 88.4 Å². The molecule has 524 valence electrons. The predicted molar refractivity (Wildman–Crippen MR) is 337 cm³/mol. The van der Waals surface area contributed by atoms with Gasteiger partial charge in [0.1, 0.15) is 6.61 Å². The van der Waals surface area contributed by atoms with E-state index in [4.69, 9.17) is 75.9 Å². The van der Waals surface area contributed by atoms with Crippen LogP contribution in [0.15, 0.2) is 82.3 Å². The van der Waals surface area contributed by atoms with Crippen LogP contribution < -0.4 is 4.90 Å². The first-order chi connectivity index (χ1) is 44.9. The molecule has 93 heavy (non-hydrogen) atoms. The third-order valence-electron chi connectivity index (χ3n) is 15.1. The van der Waals surface area contributed by atoms with E-state index in [0.29, 0.717) is 154 Å². The highest BCUT2D eigenvalue weighted by Gasteiger charge is 2.48. The third kappa shape index (κ3) is 26.8. The van der Waals surface area contributed by atoms with Gasteiger partial charge in [-0.1, -0.05) is 18.2 Å². The Morgan fingerprint density at radius 2 is 0.914 bits per heavy atom. The molecular formula is C63H96N3O25S2+. The molecule has 28 nitrogen and oxygen atoms in total. The summed E-state index contributed by atoms with van der Waals surface area (Å²) < 4.78 is 158. The third-order valence-corrected chi connectivity index (χ3v) is 16.8. The standard InChI is InChI=1S/C63H95N3O25S2/c1-62(18-23-80-34-39-88-46-43-84-30-27-76-3)53-49-51(92(70,71)72)11-13-55(53)64(20-25-82-36-41-87-38-33-79-22-17-61(69)91-66-59(67)15-16-60(66)68)57(62)9-7-6-8-10-58-63(2,19-24-81-35-40-89-47-44-85-31-28-77-4)54-50-52(93(73,74)75)12-14-56(54)65(58)21-26-83-37-42-90-48-45-86-32-29-78-5/h6-14,49-50H,15-48H2,1-5H3,(H-,70,71,72,73,74,75)/p+1. The second-order valence-electron chi connectivity index (χ2n) is 21.6. The number of hydroxylamine groups is 2. The van der Waals surface area contributed by atoms with Gasteiger partial charge in [-0.15, -0.1) is 5.06 Å². The zero-order valence-corrected chi connectivity index (χ0v) is 56.0. The van der Waals surface area contributed by atoms with Crippen LogP contribution in [0, 0.1) is 0 Å². The fraction of sp³-hybridized carbons (Fsp3) is 0.651. The fourth-order valence-electron chi connectivity index (χ4n) is 10.2. The first-order valence-electron chi connectivity index (χ1n) is 31.1. The molecule has 0 bridgehead atoms. The highest BCUT2D eigenvalue weighted by molar-refractivity contribution is 7.86. The lowest BCUT2D eigenvalue weighted by Gasteiger charge is -2.30. The normalized spacial score (nSPS) is 18.0. The molecule has 30 heteroatoms. The van der Waals surface area contributed by atoms with Gasteiger partial charge in [-0.2, -0.15) is 21.4 Å². The van der Waals surface area contributed by atoms with Crippen molar-refractivity contribution in [3.8, 4) is 0 Å². The number of rotatable bonds is 54. The van der Waals surface area contributed by atoms with Gasteiger partial charge in [0.25, 0.3) is 32.1 Å². The van der Waals surface area contributed by atoms with Gasteiger partial charge in [0.2, 0.25) is 5.69 Å². The molecule has 2 aromatic rings. The zero-order valence-electron chi connectivity index (χ0n) is 54.3. The maximum atomic E-state index is 12.7. The number of carbonyl (C=O) groups excluding carboxylic acids is 3. The molecule has 2 amide bonds. The van der Waals surface area contributed by atoms with E-state index < -0.39 is 48.8 Å². The van der Waals surface area contributed by atoms with Gasteiger partial charge in [-0.05, 0) is 68.7 Å². The molecule has 1 saturated heterocycles. The van der Waals surface area contributed by atoms with E-state index in [2.05, 4.69) is 4.90 Å². The fourth-order valence-corrected chi connectivity index (χ4v) is 11.2. The first kappa shape index (κ1) is 78.7. The van der Waals surface area contributed by atoms with Gasteiger partial charge in [0.05, 0.1) is 180 Å². The number of fused-ring (bicyclic) bond motifs is 2. The molecule has 2 aromatic carbocycles. The van der Waals surface area contributed by atoms with Crippen molar-refractivity contribution in [2.24, 2.45) is 0 Å². The maximum Gasteiger partial charge on any atom is 0.335 e. The highest BCUT2D eigenvalue weighted by atomic mass is 32.2. The summed E-state index contributed by atoms with van der Waals surface area (Å²) in [5.74, 6) is -1.90. The second kappa shape index (κ2) is 43.2. The number of benzene rings is 2. The Labute approximate surface area is 546 Å². The van der Waals surface area contributed by atoms with E-state index in [0.717, 1.165) is 17.1 Å². The number of allylic oxidation sites excluding steroid dienone is 6. The quantitative estimate of drug-likeness (QED) is 0.0308. The van der Waals surface area contributed by atoms with Crippen LogP contribution in [0.2, 0.25) is 0 Å². The first-order valence-corrected chi connectivity index (χ1v) is 34.0. The van der Waals surface area contributed by atoms with Crippen LogP contribution in [-0.4, -0.2) is 272 Å². The number of nitrogens with zero attached hydrogens (tertiary/aromatic N) is 3. The summed E-state index contributed by atoms with van der Waals surface area (Å²) in [4.78, 5) is 42.0. The zero-order chi connectivity index (χ0) is 67.2. The second-order valence-corrected chi connectivity index (χ2v) is 24.4. The molecule has 0 spiro atoms. The van der Waals surface area contributed by atoms with Gasteiger partial charge in [0.15, 0.2) is 12.3 Å². The number of methoxy groups -OCH3 is 3. The number of amides is 2. The molecule has 2 unspecified atom stereocenters. The molecule has 3 aliphatic heterocycles. The smallest absolute Gasteiger partial charge is 0.335 e. The number of hydrogen-bond acceptors (Lipinski definition) is 24. The Kier molecular flexibility index (Phi) is 36.5. The Morgan fingerprint density at radius 3 is 1.39 bits per heavy atom. The summed E-state index contributed by atoms with van der Waals surface area (Å²) in [5.41, 5.74) is 2.50. The number of imide groups is 1. The average molecular weight is 1360 g/mol. The Bertz CT molecular complexity index is 2930. The topological polar surface area (TPSA) is 317 Å². The minimum absolute atomic E-state index is 0.00438. The average Bonchev–Trinajstić information content (AvgIpc) is 1.59. The van der Waals surface area contributed by atoms with Crippen molar-refractivity contribution in [2.45, 2.75) is 66.6 Å². The van der Waals surface area contributed by atoms with E-state index in [1.165, 1.54) is 24.3 Å². The predicted octanol–water partition coefficient (Wildman–Crippen LogP) is 4.23. The minimum Gasteiger partial charge on any atom is -0.382 e. The molecule has 0 radical (unpaired) electrons. The molecule has 1 fully saturated rings. The molecule has 3 aliphatic rings. The number of anilines is 1. The van der Waals surface area contributed by atoms with Crippen molar-refractivity contribution in [2.75, 3.05) is 218 Å². The van der Waals surface area contributed by atoms with Gasteiger partial charge in [-0.3, -0.25) is 18.7 Å². The minimum atomic E-state index is -4.62. The van der Waals surface area contributed by atoms with E-state index in [1.807, 2.05) is 48.8 Å². The van der Waals surface area contributed by atoms with Crippen molar-refractivity contribution in [1.82, 2.24) is 5.06 Å². The van der Waals surface area contributed by atoms with Crippen LogP contribution in [0.3, 0.4) is 0 Å². The van der Waals surface area contributed by atoms with Crippen molar-refractivity contribution in [1.29, 1.82) is 0 Å². The molecule has 2 atom stereocenters. The van der Waals surface area contributed by atoms with Crippen LogP contribution in [0.5, 0.6) is 0 Å². The summed E-state index contributed by atoms with van der Waals surface area (Å²) in [6, 6.07) is 9.04. The van der Waals surface area contributed by atoms with Crippen molar-refractivity contribution in [3.05, 3.63) is 83.6 Å². The lowest BCUT2D eigenvalue weighted by molar-refractivity contribution is -0.442. The van der Waals surface area contributed by atoms with Crippen LogP contribution in [-0.2, 0) is 121 Å². The van der Waals surface area contributed by atoms with Crippen molar-refractivity contribution < 1.29 is 121 Å². The van der Waals surface area contributed by atoms with E-state index >= 15 is 0 Å². The summed E-state index contributed by atoms with van der Waals surface area (Å²) >= 11 is 0. The Hall–Kier alpha value is -5.04.